The van der Waals surface area contributed by atoms with Crippen LogP contribution in [-0.2, 0) is 4.74 Å². The number of likely N-dealkylation sites (tertiary alicyclic amines) is 1. The predicted molar refractivity (Wildman–Crippen MR) is 127 cm³/mol. The maximum absolute atomic E-state index is 10.7. The van der Waals surface area contributed by atoms with Crippen LogP contribution in [0.1, 0.15) is 40.5 Å². The maximum atomic E-state index is 10.7. The first kappa shape index (κ1) is 25.9. The van der Waals surface area contributed by atoms with Crippen molar-refractivity contribution in [1.29, 1.82) is 0 Å². The van der Waals surface area contributed by atoms with Crippen LogP contribution in [0.15, 0.2) is 4.99 Å². The number of hydrogen-bond acceptors (Lipinski definition) is 5. The average molecular weight is 511 g/mol. The van der Waals surface area contributed by atoms with Gasteiger partial charge in [-0.2, -0.15) is 0 Å². The molecule has 0 bridgehead atoms. The number of aliphatic hydroxyl groups is 1. The average Bonchev–Trinajstić information content (AvgIpc) is 2.64. The van der Waals surface area contributed by atoms with E-state index in [-0.39, 0.29) is 24.0 Å². The molecule has 2 rings (SSSR count). The minimum absolute atomic E-state index is 0. The summed E-state index contributed by atoms with van der Waals surface area (Å²) >= 11 is 0. The van der Waals surface area contributed by atoms with Gasteiger partial charge in [0.05, 0.1) is 25.4 Å². The van der Waals surface area contributed by atoms with Crippen molar-refractivity contribution in [2.24, 2.45) is 10.9 Å². The highest BCUT2D eigenvalue weighted by atomic mass is 127. The normalized spacial score (nSPS) is 24.5. The SMILES string of the molecule is CCNC(=NCC(C)(O)CN1CCOCC1)NCC1CCCN(C(C)C)C1.I. The molecule has 0 aromatic carbocycles. The molecule has 2 aliphatic heterocycles. The van der Waals surface area contributed by atoms with E-state index in [0.29, 0.717) is 25.0 Å². The zero-order chi connectivity index (χ0) is 19.7. The van der Waals surface area contributed by atoms with E-state index in [1.54, 1.807) is 0 Å². The van der Waals surface area contributed by atoms with Crippen molar-refractivity contribution in [2.45, 2.75) is 52.2 Å². The van der Waals surface area contributed by atoms with Gasteiger partial charge in [0.25, 0.3) is 0 Å². The fourth-order valence-corrected chi connectivity index (χ4v) is 3.86. The lowest BCUT2D eigenvalue weighted by Gasteiger charge is -2.35. The molecule has 2 fully saturated rings. The van der Waals surface area contributed by atoms with Crippen LogP contribution in [0.3, 0.4) is 0 Å². The van der Waals surface area contributed by atoms with Crippen LogP contribution >= 0.6 is 24.0 Å². The fraction of sp³-hybridized carbons (Fsp3) is 0.950. The summed E-state index contributed by atoms with van der Waals surface area (Å²) in [4.78, 5) is 9.48. The Bertz CT molecular complexity index is 456. The number of aliphatic imine (C=N–C) groups is 1. The van der Waals surface area contributed by atoms with Crippen LogP contribution in [0.5, 0.6) is 0 Å². The third-order valence-electron chi connectivity index (χ3n) is 5.43. The molecule has 0 spiro atoms. The number of nitrogens with one attached hydrogen (secondary N) is 2. The van der Waals surface area contributed by atoms with Crippen molar-refractivity contribution in [3.8, 4) is 0 Å². The van der Waals surface area contributed by atoms with Crippen LogP contribution in [0.4, 0.5) is 0 Å². The first-order chi connectivity index (χ1) is 12.9. The van der Waals surface area contributed by atoms with E-state index in [0.717, 1.165) is 51.9 Å². The van der Waals surface area contributed by atoms with Gasteiger partial charge in [0.2, 0.25) is 0 Å². The summed E-state index contributed by atoms with van der Waals surface area (Å²) in [6.07, 6.45) is 2.54. The van der Waals surface area contributed by atoms with E-state index < -0.39 is 5.60 Å². The van der Waals surface area contributed by atoms with Crippen molar-refractivity contribution < 1.29 is 9.84 Å². The van der Waals surface area contributed by atoms with Crippen molar-refractivity contribution in [3.05, 3.63) is 0 Å². The Morgan fingerprint density at radius 2 is 1.96 bits per heavy atom. The van der Waals surface area contributed by atoms with E-state index in [4.69, 9.17) is 4.74 Å². The zero-order valence-corrected chi connectivity index (χ0v) is 20.6. The second-order valence-corrected chi connectivity index (χ2v) is 8.56. The van der Waals surface area contributed by atoms with Crippen LogP contribution in [0.25, 0.3) is 0 Å². The number of halogens is 1. The molecule has 0 aromatic heterocycles. The lowest BCUT2D eigenvalue weighted by Crippen LogP contribution is -2.49. The lowest BCUT2D eigenvalue weighted by atomic mass is 9.97. The van der Waals surface area contributed by atoms with E-state index in [1.165, 1.54) is 19.4 Å². The molecule has 0 saturated carbocycles. The van der Waals surface area contributed by atoms with E-state index in [1.807, 2.05) is 6.92 Å². The Labute approximate surface area is 188 Å². The third-order valence-corrected chi connectivity index (χ3v) is 5.43. The second-order valence-electron chi connectivity index (χ2n) is 8.56. The predicted octanol–water partition coefficient (Wildman–Crippen LogP) is 1.36. The molecular formula is C20H42IN5O2. The number of β-amino-alcohol motifs (C(OH)–C–C–N with tert-alkyl or cyclic N) is 1. The summed E-state index contributed by atoms with van der Waals surface area (Å²) < 4.78 is 5.38. The maximum Gasteiger partial charge on any atom is 0.191 e. The zero-order valence-electron chi connectivity index (χ0n) is 18.2. The monoisotopic (exact) mass is 511 g/mol. The smallest absolute Gasteiger partial charge is 0.191 e. The Kier molecular flexibility index (Phi) is 12.2. The third kappa shape index (κ3) is 9.56. The highest BCUT2D eigenvalue weighted by Gasteiger charge is 2.26. The first-order valence-electron chi connectivity index (χ1n) is 10.7. The van der Waals surface area contributed by atoms with Crippen molar-refractivity contribution in [3.63, 3.8) is 0 Å². The Morgan fingerprint density at radius 1 is 1.25 bits per heavy atom. The number of ether oxygens (including phenoxy) is 1. The molecule has 7 nitrogen and oxygen atoms in total. The Morgan fingerprint density at radius 3 is 2.61 bits per heavy atom. The topological polar surface area (TPSA) is 72.4 Å². The molecule has 2 unspecified atom stereocenters. The molecule has 8 heteroatoms. The van der Waals surface area contributed by atoms with Gasteiger partial charge < -0.3 is 25.4 Å². The summed E-state index contributed by atoms with van der Waals surface area (Å²) in [6.45, 7) is 16.9. The summed E-state index contributed by atoms with van der Waals surface area (Å²) in [5.74, 6) is 1.46. The molecule has 0 aromatic rings. The van der Waals surface area contributed by atoms with E-state index in [2.05, 4.69) is 46.2 Å². The van der Waals surface area contributed by atoms with Crippen LogP contribution < -0.4 is 10.6 Å². The minimum Gasteiger partial charge on any atom is -0.387 e. The van der Waals surface area contributed by atoms with Gasteiger partial charge in [-0.05, 0) is 53.0 Å². The molecule has 2 atom stereocenters. The number of nitrogens with zero attached hydrogens (tertiary/aromatic N) is 3. The molecule has 2 saturated heterocycles. The minimum atomic E-state index is -0.834. The summed E-state index contributed by atoms with van der Waals surface area (Å²) in [7, 11) is 0. The lowest BCUT2D eigenvalue weighted by molar-refractivity contribution is -0.0180. The van der Waals surface area contributed by atoms with E-state index in [9.17, 15) is 5.11 Å². The molecule has 0 amide bonds. The van der Waals surface area contributed by atoms with Crippen molar-refractivity contribution >= 4 is 29.9 Å². The number of guanidine groups is 1. The second kappa shape index (κ2) is 13.2. The van der Waals surface area contributed by atoms with Gasteiger partial charge in [-0.15, -0.1) is 24.0 Å². The van der Waals surface area contributed by atoms with Gasteiger partial charge in [-0.1, -0.05) is 0 Å². The van der Waals surface area contributed by atoms with Gasteiger partial charge in [-0.3, -0.25) is 9.89 Å². The summed E-state index contributed by atoms with van der Waals surface area (Å²) in [5, 5.41) is 17.6. The summed E-state index contributed by atoms with van der Waals surface area (Å²) in [6, 6.07) is 0.616. The van der Waals surface area contributed by atoms with Gasteiger partial charge in [-0.25, -0.2) is 0 Å². The van der Waals surface area contributed by atoms with Crippen LogP contribution in [0, 0.1) is 5.92 Å². The number of rotatable bonds is 8. The van der Waals surface area contributed by atoms with Crippen LogP contribution in [-0.4, -0.2) is 98.1 Å². The van der Waals surface area contributed by atoms with Gasteiger partial charge in [0.1, 0.15) is 0 Å². The van der Waals surface area contributed by atoms with Crippen molar-refractivity contribution in [1.82, 2.24) is 20.4 Å². The first-order valence-corrected chi connectivity index (χ1v) is 10.7. The largest absolute Gasteiger partial charge is 0.387 e. The van der Waals surface area contributed by atoms with Gasteiger partial charge in [0, 0.05) is 45.3 Å². The molecule has 2 heterocycles. The Balaban J connectivity index is 0.00000392. The van der Waals surface area contributed by atoms with E-state index >= 15 is 0 Å². The fourth-order valence-electron chi connectivity index (χ4n) is 3.86. The Hall–Kier alpha value is -0.160. The standard InChI is InChI=1S/C20H41N5O2.HI/c1-5-21-19(22-13-18-7-6-8-25(14-18)17(2)3)23-15-20(4,26)16-24-9-11-27-12-10-24;/h17-18,26H,5-16H2,1-4H3,(H2,21,22,23);1H. The molecule has 3 N–H and O–H groups in total. The highest BCUT2D eigenvalue weighted by Crippen LogP contribution is 2.17. The molecule has 0 radical (unpaired) electrons. The van der Waals surface area contributed by atoms with Crippen molar-refractivity contribution in [2.75, 3.05) is 65.6 Å². The molecule has 2 aliphatic rings. The number of piperidine rings is 1. The molecular weight excluding hydrogens is 469 g/mol. The quantitative estimate of drug-likeness (QED) is 0.260. The molecule has 166 valence electrons. The van der Waals surface area contributed by atoms with Gasteiger partial charge in [0.15, 0.2) is 5.96 Å². The van der Waals surface area contributed by atoms with Gasteiger partial charge >= 0.3 is 0 Å². The summed E-state index contributed by atoms with van der Waals surface area (Å²) in [5.41, 5.74) is -0.834. The number of morpholine rings is 1. The molecule has 0 aliphatic carbocycles. The number of hydrogen-bond donors (Lipinski definition) is 3. The molecule has 28 heavy (non-hydrogen) atoms. The highest BCUT2D eigenvalue weighted by molar-refractivity contribution is 14.0. The van der Waals surface area contributed by atoms with Crippen LogP contribution in [0.2, 0.25) is 0 Å².